The van der Waals surface area contributed by atoms with Crippen LogP contribution < -0.4 is 15.0 Å². The van der Waals surface area contributed by atoms with E-state index in [1.54, 1.807) is 12.1 Å². The first-order valence-corrected chi connectivity index (χ1v) is 21.7. The number of aryl methyl sites for hydroxylation is 1. The minimum Gasteiger partial charge on any atom is -0.489 e. The van der Waals surface area contributed by atoms with Gasteiger partial charge in [-0.25, -0.2) is 4.85 Å². The van der Waals surface area contributed by atoms with Crippen molar-refractivity contribution in [3.05, 3.63) is 76.7 Å². The van der Waals surface area contributed by atoms with E-state index in [0.29, 0.717) is 35.3 Å². The molecule has 0 bridgehead atoms. The zero-order valence-corrected chi connectivity index (χ0v) is 35.6. The molecule has 3 atom stereocenters. The fourth-order valence-corrected chi connectivity index (χ4v) is 11.8. The lowest BCUT2D eigenvalue weighted by molar-refractivity contribution is -0.208. The molecule has 61 heavy (non-hydrogen) atoms. The van der Waals surface area contributed by atoms with E-state index in [1.807, 2.05) is 48.2 Å². The Labute approximate surface area is 357 Å². The van der Waals surface area contributed by atoms with Crippen molar-refractivity contribution in [2.45, 2.75) is 103 Å². The number of imide groups is 2. The predicted octanol–water partition coefficient (Wildman–Crippen LogP) is 5.35. The lowest BCUT2D eigenvalue weighted by atomic mass is 9.49. The number of rotatable bonds is 6. The van der Waals surface area contributed by atoms with E-state index in [9.17, 15) is 24.0 Å². The molecule has 0 radical (unpaired) electrons. The third-order valence-electron chi connectivity index (χ3n) is 14.5. The van der Waals surface area contributed by atoms with Crippen LogP contribution in [0.3, 0.4) is 0 Å². The lowest BCUT2D eigenvalue weighted by Gasteiger charge is -2.65. The van der Waals surface area contributed by atoms with Gasteiger partial charge >= 0.3 is 0 Å². The van der Waals surface area contributed by atoms with E-state index in [2.05, 4.69) is 59.5 Å². The van der Waals surface area contributed by atoms with Gasteiger partial charge in [0.1, 0.15) is 23.6 Å². The fourth-order valence-electron chi connectivity index (χ4n) is 11.8. The molecule has 13 nitrogen and oxygen atoms in total. The van der Waals surface area contributed by atoms with Gasteiger partial charge in [0.15, 0.2) is 5.69 Å². The van der Waals surface area contributed by atoms with Gasteiger partial charge in [-0.2, -0.15) is 0 Å². The van der Waals surface area contributed by atoms with Crippen LogP contribution >= 0.6 is 0 Å². The second-order valence-electron chi connectivity index (χ2n) is 19.0. The van der Waals surface area contributed by atoms with Crippen molar-refractivity contribution in [2.75, 3.05) is 37.6 Å². The number of dihydropyridines is 1. The van der Waals surface area contributed by atoms with Gasteiger partial charge in [0.25, 0.3) is 11.8 Å². The number of allylic oxidation sites excluding steroid dienone is 1. The van der Waals surface area contributed by atoms with Crippen molar-refractivity contribution in [3.8, 4) is 17.6 Å². The molecule has 9 rings (SSSR count). The second-order valence-corrected chi connectivity index (χ2v) is 19.0. The molecule has 5 fully saturated rings. The van der Waals surface area contributed by atoms with Crippen LogP contribution in [0.4, 0.5) is 11.4 Å². The Morgan fingerprint density at radius 2 is 1.61 bits per heavy atom. The van der Waals surface area contributed by atoms with Crippen molar-refractivity contribution in [2.24, 2.45) is 27.7 Å². The summed E-state index contributed by atoms with van der Waals surface area (Å²) in [5, 5.41) is 2.25. The summed E-state index contributed by atoms with van der Waals surface area (Å²) in [6.45, 7) is 22.0. The Morgan fingerprint density at radius 3 is 2.30 bits per heavy atom. The average molecular weight is 824 g/mol. The minimum atomic E-state index is -0.975. The van der Waals surface area contributed by atoms with Crippen LogP contribution in [-0.2, 0) is 14.4 Å². The molecule has 5 aliphatic heterocycles. The lowest BCUT2D eigenvalue weighted by Crippen LogP contribution is -2.75. The third kappa shape index (κ3) is 7.01. The molecule has 5 amide bonds. The summed E-state index contributed by atoms with van der Waals surface area (Å²) in [5.41, 5.74) is 3.16. The molecule has 2 aliphatic carbocycles. The third-order valence-corrected chi connectivity index (χ3v) is 14.5. The number of aliphatic imine (C=N–C) groups is 1. The molecule has 1 N–H and O–H groups in total. The number of carbonyl (C=O) groups is 5. The number of nitrogens with zero attached hydrogens (tertiary/aromatic N) is 6. The maximum atomic E-state index is 13.9. The minimum absolute atomic E-state index is 0.0143. The van der Waals surface area contributed by atoms with Crippen LogP contribution in [0, 0.1) is 48.0 Å². The molecule has 2 saturated carbocycles. The molecular formula is C48H53N7O6. The largest absolute Gasteiger partial charge is 0.489 e. The molecule has 5 heterocycles. The van der Waals surface area contributed by atoms with Crippen molar-refractivity contribution < 1.29 is 28.7 Å². The van der Waals surface area contributed by atoms with Crippen molar-refractivity contribution >= 4 is 46.6 Å². The summed E-state index contributed by atoms with van der Waals surface area (Å²) in [6, 6.07) is 10.3. The zero-order chi connectivity index (χ0) is 43.0. The Hall–Kier alpha value is -5.79. The Balaban J connectivity index is 0.761. The number of fused-ring (bicyclic) bond motifs is 2. The van der Waals surface area contributed by atoms with Gasteiger partial charge < -0.3 is 14.5 Å². The van der Waals surface area contributed by atoms with E-state index >= 15 is 0 Å². The zero-order valence-electron chi connectivity index (χ0n) is 35.6. The van der Waals surface area contributed by atoms with Gasteiger partial charge in [0.2, 0.25) is 17.7 Å². The number of anilines is 1. The summed E-state index contributed by atoms with van der Waals surface area (Å²) in [4.78, 5) is 81.0. The van der Waals surface area contributed by atoms with Gasteiger partial charge in [-0.05, 0) is 86.9 Å². The number of benzene rings is 2. The number of piperidine rings is 1. The number of piperazine rings is 1. The highest BCUT2D eigenvalue weighted by atomic mass is 16.5. The summed E-state index contributed by atoms with van der Waals surface area (Å²) in [5.74, 6) is 5.83. The van der Waals surface area contributed by atoms with Gasteiger partial charge in [-0.15, -0.1) is 0 Å². The normalized spacial score (nSPS) is 30.4. The topological polar surface area (TPSA) is 136 Å². The SMILES string of the molecule is [C-]#[N+]c1ccc(OC2C(C)(C)C(N3CC4N=C(C#CC5CCC(N6CCN(c7ccc8c(c7)C(=O)N(C7CCC(=O)NC7=O)C8=O)CC6)CC5)C=CC4C3=O)C2(C)C)cc1C. The van der Waals surface area contributed by atoms with Crippen LogP contribution in [0.15, 0.2) is 53.5 Å². The molecule has 3 unspecified atom stereocenters. The quantitative estimate of drug-likeness (QED) is 0.234. The summed E-state index contributed by atoms with van der Waals surface area (Å²) < 4.78 is 6.57. The number of carbonyl (C=O) groups excluding carboxylic acids is 5. The molecule has 7 aliphatic rings. The number of hydrogen-bond acceptors (Lipinski definition) is 9. The average Bonchev–Trinajstić information content (AvgIpc) is 3.68. The van der Waals surface area contributed by atoms with Gasteiger partial charge in [-0.1, -0.05) is 45.8 Å². The molecular weight excluding hydrogens is 771 g/mol. The number of likely N-dealkylation sites (tertiary alicyclic amines) is 1. The molecule has 0 spiro atoms. The molecule has 2 aromatic rings. The highest BCUT2D eigenvalue weighted by molar-refractivity contribution is 6.23. The molecule has 316 valence electrons. The molecule has 0 aromatic heterocycles. The van der Waals surface area contributed by atoms with Crippen LogP contribution in [0.1, 0.15) is 92.5 Å². The van der Waals surface area contributed by atoms with Crippen molar-refractivity contribution in [1.29, 1.82) is 0 Å². The maximum Gasteiger partial charge on any atom is 0.262 e. The van der Waals surface area contributed by atoms with Gasteiger partial charge in [0.05, 0.1) is 29.7 Å². The van der Waals surface area contributed by atoms with Crippen LogP contribution in [0.2, 0.25) is 0 Å². The Kier molecular flexibility index (Phi) is 10.2. The van der Waals surface area contributed by atoms with Gasteiger partial charge in [-0.3, -0.25) is 44.1 Å². The number of ether oxygens (including phenoxy) is 1. The molecule has 3 saturated heterocycles. The first-order valence-electron chi connectivity index (χ1n) is 21.7. The predicted molar refractivity (Wildman–Crippen MR) is 229 cm³/mol. The standard InChI is InChI=1S/C48H53N7O6/c1-28-25-33(15-18-37(28)49-6)61-46-47(2,3)45(48(46,4)5)54-27-38-35(42(54)58)16-11-30(50-38)10-7-29-8-12-31(13-9-29)52-21-23-53(24-22-52)32-14-17-34-36(26-32)44(60)55(43(34)59)39-19-20-40(56)51-41(39)57/h11,14-18,25-26,29,31,35,38-39,45-46H,8-9,12-13,19-24,27H2,1-5H3,(H,51,56,57). The van der Waals surface area contributed by atoms with Crippen LogP contribution in [0.5, 0.6) is 5.75 Å². The van der Waals surface area contributed by atoms with E-state index in [-0.39, 0.29) is 53.7 Å². The Bertz CT molecular complexity index is 2370. The van der Waals surface area contributed by atoms with Gasteiger partial charge in [0, 0.05) is 73.7 Å². The van der Waals surface area contributed by atoms with E-state index < -0.39 is 29.7 Å². The molecule has 2 aromatic carbocycles. The van der Waals surface area contributed by atoms with Crippen molar-refractivity contribution in [1.82, 2.24) is 20.0 Å². The highest BCUT2D eigenvalue weighted by Gasteiger charge is 2.67. The molecule has 13 heteroatoms. The van der Waals surface area contributed by atoms with E-state index in [0.717, 1.165) is 79.5 Å². The summed E-state index contributed by atoms with van der Waals surface area (Å²) in [7, 11) is 0. The number of hydrogen-bond donors (Lipinski definition) is 1. The first-order chi connectivity index (χ1) is 29.1. The maximum absolute atomic E-state index is 13.9. The van der Waals surface area contributed by atoms with E-state index in [4.69, 9.17) is 16.3 Å². The summed E-state index contributed by atoms with van der Waals surface area (Å²) in [6.07, 6.45) is 8.25. The number of nitrogens with one attached hydrogen (secondary N) is 1. The van der Waals surface area contributed by atoms with E-state index in [1.165, 1.54) is 0 Å². The first kappa shape index (κ1) is 40.6. The fraction of sp³-hybridized carbons (Fsp3) is 0.521. The second kappa shape index (κ2) is 15.3. The van der Waals surface area contributed by atoms with Crippen molar-refractivity contribution in [3.63, 3.8) is 0 Å². The van der Waals surface area contributed by atoms with Crippen LogP contribution in [0.25, 0.3) is 4.85 Å². The van der Waals surface area contributed by atoms with Crippen LogP contribution in [-0.4, -0.2) is 113 Å². The highest BCUT2D eigenvalue weighted by Crippen LogP contribution is 2.59. The Morgan fingerprint density at radius 1 is 0.885 bits per heavy atom. The number of amides is 5. The smallest absolute Gasteiger partial charge is 0.262 e. The summed E-state index contributed by atoms with van der Waals surface area (Å²) >= 11 is 0. The monoisotopic (exact) mass is 823 g/mol.